The number of nitrogens with zero attached hydrogens (tertiary/aromatic N) is 3. The third-order valence-electron chi connectivity index (χ3n) is 5.18. The Labute approximate surface area is 315 Å². The van der Waals surface area contributed by atoms with Crippen LogP contribution in [0.2, 0.25) is 0 Å². The number of aryl methyl sites for hydroxylation is 1. The molecule has 16 heteroatoms. The summed E-state index contributed by atoms with van der Waals surface area (Å²) in [6.07, 6.45) is 0. The predicted molar refractivity (Wildman–Crippen MR) is 133 cm³/mol. The van der Waals surface area contributed by atoms with Crippen molar-refractivity contribution in [2.45, 2.75) is 16.7 Å². The SMILES string of the molecule is Cc1cccc(N=Nc2c(S(=O)(=O)[O-])cc3c(S(=O)(=O)[O-])ccc(N=C([O-])c4ccccc4)c3c2[O-])c1.[Ba+2].[Na+].[Na+]. The smallest absolute Gasteiger partial charge is 0.870 e. The van der Waals surface area contributed by atoms with E-state index in [1.54, 1.807) is 43.3 Å². The second-order valence-electron chi connectivity index (χ2n) is 7.79. The van der Waals surface area contributed by atoms with E-state index in [0.717, 1.165) is 17.7 Å². The maximum atomic E-state index is 13.5. The third-order valence-corrected chi connectivity index (χ3v) is 6.93. The van der Waals surface area contributed by atoms with Crippen molar-refractivity contribution in [1.29, 1.82) is 0 Å². The molecule has 0 aliphatic carbocycles. The summed E-state index contributed by atoms with van der Waals surface area (Å²) in [6.45, 7) is 1.75. The van der Waals surface area contributed by atoms with Crippen LogP contribution in [0.3, 0.4) is 0 Å². The van der Waals surface area contributed by atoms with Gasteiger partial charge in [-0.1, -0.05) is 48.2 Å². The Hall–Kier alpha value is -0.599. The zero-order chi connectivity index (χ0) is 27.0. The van der Waals surface area contributed by atoms with Crippen LogP contribution in [0.25, 0.3) is 10.8 Å². The van der Waals surface area contributed by atoms with Crippen molar-refractivity contribution in [3.05, 3.63) is 83.9 Å². The fourth-order valence-electron chi connectivity index (χ4n) is 3.55. The molecular formula is C24H15BaN3Na2O8S2. The van der Waals surface area contributed by atoms with Crippen molar-refractivity contribution in [3.63, 3.8) is 0 Å². The molecule has 0 aromatic heterocycles. The van der Waals surface area contributed by atoms with Crippen LogP contribution in [-0.2, 0) is 20.2 Å². The van der Waals surface area contributed by atoms with Gasteiger partial charge in [0.05, 0.1) is 26.9 Å². The van der Waals surface area contributed by atoms with Crippen LogP contribution in [0.5, 0.6) is 5.75 Å². The summed E-state index contributed by atoms with van der Waals surface area (Å²) in [5.74, 6) is -2.06. The topological polar surface area (TPSA) is 198 Å². The number of hydrogen-bond acceptors (Lipinski definition) is 11. The van der Waals surface area contributed by atoms with Gasteiger partial charge >= 0.3 is 108 Å². The number of azo groups is 1. The fourth-order valence-corrected chi connectivity index (χ4v) is 4.85. The van der Waals surface area contributed by atoms with Gasteiger partial charge in [-0.05, 0) is 54.3 Å². The number of rotatable bonds is 6. The number of hydrogen-bond donors (Lipinski definition) is 0. The summed E-state index contributed by atoms with van der Waals surface area (Å²) in [4.78, 5) is 1.71. The molecule has 0 bridgehead atoms. The van der Waals surface area contributed by atoms with Gasteiger partial charge in [0.25, 0.3) is 0 Å². The minimum Gasteiger partial charge on any atom is -0.870 e. The van der Waals surface area contributed by atoms with Gasteiger partial charge in [0.15, 0.2) is 0 Å². The van der Waals surface area contributed by atoms with Gasteiger partial charge in [0.1, 0.15) is 20.2 Å². The average molecular weight is 721 g/mol. The molecule has 4 rings (SSSR count). The molecule has 0 aliphatic heterocycles. The molecule has 40 heavy (non-hydrogen) atoms. The first-order valence-corrected chi connectivity index (χ1v) is 13.2. The molecule has 0 N–H and O–H groups in total. The Morgan fingerprint density at radius 2 is 1.40 bits per heavy atom. The van der Waals surface area contributed by atoms with E-state index in [4.69, 9.17) is 0 Å². The van der Waals surface area contributed by atoms with Crippen LogP contribution in [0.15, 0.2) is 97.8 Å². The van der Waals surface area contributed by atoms with Gasteiger partial charge in [-0.3, -0.25) is 4.99 Å². The maximum Gasteiger partial charge on any atom is 2.00 e. The van der Waals surface area contributed by atoms with Crippen LogP contribution in [0, 0.1) is 6.92 Å². The van der Waals surface area contributed by atoms with E-state index in [1.165, 1.54) is 18.2 Å². The Morgan fingerprint density at radius 1 is 0.775 bits per heavy atom. The summed E-state index contributed by atoms with van der Waals surface area (Å²) in [6, 6.07) is 16.5. The molecule has 0 fully saturated rings. The summed E-state index contributed by atoms with van der Waals surface area (Å²) < 4.78 is 71.7. The number of benzene rings is 4. The van der Waals surface area contributed by atoms with Crippen LogP contribution in [0.1, 0.15) is 11.1 Å². The number of aliphatic imine (C=N–C) groups is 1. The van der Waals surface area contributed by atoms with E-state index < -0.39 is 58.1 Å². The first-order chi connectivity index (χ1) is 17.4. The normalized spacial score (nSPS) is 11.9. The van der Waals surface area contributed by atoms with Crippen LogP contribution in [0.4, 0.5) is 17.1 Å². The molecular weight excluding hydrogens is 706 g/mol. The van der Waals surface area contributed by atoms with Crippen molar-refractivity contribution in [2.24, 2.45) is 15.2 Å². The quantitative estimate of drug-likeness (QED) is 0.0643. The zero-order valence-corrected chi connectivity index (χ0v) is 31.6. The van der Waals surface area contributed by atoms with Crippen molar-refractivity contribution in [1.82, 2.24) is 0 Å². The van der Waals surface area contributed by atoms with E-state index in [9.17, 15) is 36.2 Å². The third kappa shape index (κ3) is 8.72. The predicted octanol–water partition coefficient (Wildman–Crippen LogP) is -3.49. The number of fused-ring (bicyclic) bond motifs is 1. The molecule has 11 nitrogen and oxygen atoms in total. The van der Waals surface area contributed by atoms with E-state index in [-0.39, 0.29) is 125 Å². The Kier molecular flexibility index (Phi) is 14.2. The Bertz CT molecular complexity index is 1820. The van der Waals surface area contributed by atoms with Crippen molar-refractivity contribution in [2.75, 3.05) is 0 Å². The molecule has 0 saturated carbocycles. The first kappa shape index (κ1) is 37.4. The zero-order valence-electron chi connectivity index (χ0n) is 21.6. The van der Waals surface area contributed by atoms with Gasteiger partial charge in [-0.25, -0.2) is 16.8 Å². The Morgan fingerprint density at radius 3 is 1.98 bits per heavy atom. The summed E-state index contributed by atoms with van der Waals surface area (Å²) in [5.41, 5.74) is -0.133. The molecule has 0 spiro atoms. The molecule has 190 valence electrons. The molecule has 4 aromatic rings. The summed E-state index contributed by atoms with van der Waals surface area (Å²) in [7, 11) is -10.6. The van der Waals surface area contributed by atoms with Gasteiger partial charge in [-0.15, -0.1) is 5.11 Å². The second kappa shape index (κ2) is 15.2. The molecule has 0 heterocycles. The molecule has 4 aromatic carbocycles. The molecule has 0 unspecified atom stereocenters. The molecule has 0 atom stereocenters. The van der Waals surface area contributed by atoms with E-state index in [1.807, 2.05) is 0 Å². The van der Waals surface area contributed by atoms with Gasteiger partial charge in [-0.2, -0.15) is 5.11 Å². The van der Waals surface area contributed by atoms with Crippen molar-refractivity contribution in [3.8, 4) is 5.75 Å². The summed E-state index contributed by atoms with van der Waals surface area (Å²) in [5, 5.41) is 32.4. The monoisotopic (exact) mass is 721 g/mol. The summed E-state index contributed by atoms with van der Waals surface area (Å²) >= 11 is 0. The second-order valence-corrected chi connectivity index (χ2v) is 10.5. The molecule has 0 radical (unpaired) electrons. The maximum absolute atomic E-state index is 13.5. The standard InChI is InChI=1S/C24H19N3O8S2.Ba.2Na/c1-14-6-5-9-16(12-14)26-27-22-20(37(33,34)35)13-17-19(36(30,31)32)11-10-18(21(17)23(22)28)25-24(29)15-7-3-2-4-8-15;;;/h2-13,28H,1H3,(H,25,29)(H,30,31,32)(H,33,34,35);;;/q;+2;2*+1/p-4. The van der Waals surface area contributed by atoms with Crippen molar-refractivity contribution < 1.29 is 95.3 Å². The van der Waals surface area contributed by atoms with Gasteiger partial charge < -0.3 is 19.3 Å². The van der Waals surface area contributed by atoms with Gasteiger partial charge in [0, 0.05) is 10.8 Å². The van der Waals surface area contributed by atoms with Crippen LogP contribution < -0.4 is 69.3 Å². The minimum atomic E-state index is -5.40. The van der Waals surface area contributed by atoms with Crippen LogP contribution in [-0.4, -0.2) is 80.7 Å². The molecule has 0 amide bonds. The first-order valence-electron chi connectivity index (χ1n) is 10.4. The van der Waals surface area contributed by atoms with Crippen molar-refractivity contribution >= 4 is 103 Å². The molecule has 0 aliphatic rings. The Balaban J connectivity index is 0.00000267. The van der Waals surface area contributed by atoms with Crippen LogP contribution >= 0.6 is 0 Å². The van der Waals surface area contributed by atoms with E-state index in [2.05, 4.69) is 15.2 Å². The minimum absolute atomic E-state index is 0. The fraction of sp³-hybridized carbons (Fsp3) is 0.0417. The van der Waals surface area contributed by atoms with Gasteiger partial charge in [0.2, 0.25) is 0 Å². The largest absolute Gasteiger partial charge is 2.00 e. The van der Waals surface area contributed by atoms with E-state index in [0.29, 0.717) is 6.07 Å². The van der Waals surface area contributed by atoms with E-state index >= 15 is 0 Å². The molecule has 0 saturated heterocycles. The average Bonchev–Trinajstić information content (AvgIpc) is 2.82.